The summed E-state index contributed by atoms with van der Waals surface area (Å²) in [4.78, 5) is 0. The molecule has 0 aliphatic heterocycles. The summed E-state index contributed by atoms with van der Waals surface area (Å²) in [5, 5.41) is 3.47. The molecule has 0 unspecified atom stereocenters. The highest BCUT2D eigenvalue weighted by molar-refractivity contribution is 6.30. The van der Waals surface area contributed by atoms with Crippen molar-refractivity contribution < 1.29 is 9.13 Å². The van der Waals surface area contributed by atoms with Gasteiger partial charge in [-0.25, -0.2) is 4.39 Å². The molecule has 2 aromatic carbocycles. The molecule has 0 fully saturated rings. The van der Waals surface area contributed by atoms with E-state index in [9.17, 15) is 4.39 Å². The molecule has 0 heterocycles. The second-order valence-corrected chi connectivity index (χ2v) is 5.71. The smallest absolute Gasteiger partial charge is 0.145 e. The van der Waals surface area contributed by atoms with Gasteiger partial charge in [-0.1, -0.05) is 31.5 Å². The fourth-order valence-electron chi connectivity index (χ4n) is 1.92. The van der Waals surface area contributed by atoms with Gasteiger partial charge in [0.1, 0.15) is 17.3 Å². The molecule has 112 valence electrons. The van der Waals surface area contributed by atoms with Gasteiger partial charge in [-0.05, 0) is 42.3 Å². The number of rotatable bonds is 5. The van der Waals surface area contributed by atoms with Crippen molar-refractivity contribution in [3.05, 3.63) is 58.4 Å². The van der Waals surface area contributed by atoms with E-state index in [4.69, 9.17) is 16.3 Å². The van der Waals surface area contributed by atoms with Gasteiger partial charge in [-0.2, -0.15) is 0 Å². The molecule has 0 radical (unpaired) electrons. The van der Waals surface area contributed by atoms with Crippen molar-refractivity contribution in [1.82, 2.24) is 5.32 Å². The first kappa shape index (κ1) is 15.8. The van der Waals surface area contributed by atoms with E-state index in [1.807, 2.05) is 25.1 Å². The summed E-state index contributed by atoms with van der Waals surface area (Å²) in [6, 6.07) is 10.7. The van der Waals surface area contributed by atoms with Crippen molar-refractivity contribution in [1.29, 1.82) is 0 Å². The van der Waals surface area contributed by atoms with Crippen molar-refractivity contribution in [2.45, 2.75) is 33.4 Å². The van der Waals surface area contributed by atoms with Crippen LogP contribution in [-0.2, 0) is 6.54 Å². The molecule has 0 saturated carbocycles. The zero-order chi connectivity index (χ0) is 15.4. The topological polar surface area (TPSA) is 21.3 Å². The number of halogens is 2. The number of hydrogen-bond acceptors (Lipinski definition) is 2. The molecule has 0 aromatic heterocycles. The van der Waals surface area contributed by atoms with Crippen molar-refractivity contribution in [2.24, 2.45) is 0 Å². The Morgan fingerprint density at radius 2 is 1.81 bits per heavy atom. The summed E-state index contributed by atoms with van der Waals surface area (Å²) in [5.74, 6) is 0.635. The zero-order valence-corrected chi connectivity index (χ0v) is 13.2. The molecule has 1 N–H and O–H groups in total. The number of aryl methyl sites for hydroxylation is 1. The van der Waals surface area contributed by atoms with Gasteiger partial charge in [0.2, 0.25) is 0 Å². The van der Waals surface area contributed by atoms with Crippen LogP contribution in [0.15, 0.2) is 36.4 Å². The highest BCUT2D eigenvalue weighted by atomic mass is 35.5. The van der Waals surface area contributed by atoms with E-state index in [2.05, 4.69) is 19.2 Å². The minimum Gasteiger partial charge on any atom is -0.457 e. The average molecular weight is 308 g/mol. The van der Waals surface area contributed by atoms with E-state index in [1.165, 1.54) is 17.7 Å². The molecular formula is C17H19ClFNO. The number of ether oxygens (including phenoxy) is 1. The quantitative estimate of drug-likeness (QED) is 0.832. The van der Waals surface area contributed by atoms with Crippen molar-refractivity contribution in [3.8, 4) is 11.5 Å². The Hall–Kier alpha value is -1.58. The van der Waals surface area contributed by atoms with Crippen molar-refractivity contribution in [2.75, 3.05) is 0 Å². The zero-order valence-electron chi connectivity index (χ0n) is 12.4. The molecule has 0 saturated heterocycles. The summed E-state index contributed by atoms with van der Waals surface area (Å²) in [5.41, 5.74) is 2.36. The highest BCUT2D eigenvalue weighted by Gasteiger charge is 2.05. The van der Waals surface area contributed by atoms with Gasteiger partial charge in [-0.15, -0.1) is 0 Å². The van der Waals surface area contributed by atoms with Crippen molar-refractivity contribution in [3.63, 3.8) is 0 Å². The lowest BCUT2D eigenvalue weighted by Gasteiger charge is -2.12. The molecule has 0 spiro atoms. The third kappa shape index (κ3) is 4.45. The Balaban J connectivity index is 2.10. The summed E-state index contributed by atoms with van der Waals surface area (Å²) >= 11 is 5.65. The highest BCUT2D eigenvalue weighted by Crippen LogP contribution is 2.26. The molecule has 2 rings (SSSR count). The number of benzene rings is 2. The Kier molecular flexibility index (Phi) is 5.21. The Labute approximate surface area is 129 Å². The maximum absolute atomic E-state index is 13.4. The van der Waals surface area contributed by atoms with Gasteiger partial charge in [0.15, 0.2) is 0 Å². The second-order valence-electron chi connectivity index (χ2n) is 5.30. The largest absolute Gasteiger partial charge is 0.457 e. The van der Waals surface area contributed by atoms with Crippen LogP contribution in [-0.4, -0.2) is 6.04 Å². The lowest BCUT2D eigenvalue weighted by Crippen LogP contribution is -2.22. The first-order chi connectivity index (χ1) is 9.95. The van der Waals surface area contributed by atoms with E-state index in [-0.39, 0.29) is 5.02 Å². The first-order valence-electron chi connectivity index (χ1n) is 6.91. The van der Waals surface area contributed by atoms with Gasteiger partial charge >= 0.3 is 0 Å². The third-order valence-corrected chi connectivity index (χ3v) is 3.45. The minimum absolute atomic E-state index is 0.0913. The van der Waals surface area contributed by atoms with Gasteiger partial charge in [0, 0.05) is 18.7 Å². The first-order valence-corrected chi connectivity index (χ1v) is 7.29. The minimum atomic E-state index is -0.483. The number of hydrogen-bond donors (Lipinski definition) is 1. The SMILES string of the molecule is Cc1cc(Oc2ccc(Cl)c(F)c2)ccc1CNC(C)C. The molecule has 0 bridgehead atoms. The van der Waals surface area contributed by atoms with E-state index in [0.717, 1.165) is 12.1 Å². The average Bonchev–Trinajstić information content (AvgIpc) is 2.42. The standard InChI is InChI=1S/C17H19ClFNO/c1-11(2)20-10-13-4-5-14(8-12(13)3)21-15-6-7-16(18)17(19)9-15/h4-9,11,20H,10H2,1-3H3. The molecule has 0 aliphatic carbocycles. The second kappa shape index (κ2) is 6.92. The summed E-state index contributed by atoms with van der Waals surface area (Å²) < 4.78 is 19.0. The Bertz CT molecular complexity index is 628. The predicted octanol–water partition coefficient (Wildman–Crippen LogP) is 5.08. The molecule has 0 atom stereocenters. The molecule has 2 aromatic rings. The van der Waals surface area contributed by atoms with Crippen LogP contribution in [0.5, 0.6) is 11.5 Å². The summed E-state index contributed by atoms with van der Waals surface area (Å²) in [6.45, 7) is 7.08. The van der Waals surface area contributed by atoms with Crippen LogP contribution in [0, 0.1) is 12.7 Å². The lowest BCUT2D eigenvalue weighted by atomic mass is 10.1. The third-order valence-electron chi connectivity index (χ3n) is 3.14. The normalized spacial score (nSPS) is 11.0. The molecule has 0 aliphatic rings. The number of nitrogens with one attached hydrogen (secondary N) is 1. The van der Waals surface area contributed by atoms with Gasteiger partial charge in [0.25, 0.3) is 0 Å². The Morgan fingerprint density at radius 1 is 1.14 bits per heavy atom. The Morgan fingerprint density at radius 3 is 2.43 bits per heavy atom. The predicted molar refractivity (Wildman–Crippen MR) is 84.6 cm³/mol. The lowest BCUT2D eigenvalue weighted by molar-refractivity contribution is 0.476. The van der Waals surface area contributed by atoms with E-state index in [1.54, 1.807) is 6.07 Å². The monoisotopic (exact) mass is 307 g/mol. The summed E-state index contributed by atoms with van der Waals surface area (Å²) in [6.07, 6.45) is 0. The van der Waals surface area contributed by atoms with E-state index in [0.29, 0.717) is 17.5 Å². The van der Waals surface area contributed by atoms with Crippen LogP contribution in [0.4, 0.5) is 4.39 Å². The van der Waals surface area contributed by atoms with Crippen LogP contribution in [0.25, 0.3) is 0 Å². The molecule has 0 amide bonds. The van der Waals surface area contributed by atoms with Crippen molar-refractivity contribution >= 4 is 11.6 Å². The van der Waals surface area contributed by atoms with E-state index < -0.39 is 5.82 Å². The fraction of sp³-hybridized carbons (Fsp3) is 0.294. The van der Waals surface area contributed by atoms with Gasteiger partial charge < -0.3 is 10.1 Å². The van der Waals surface area contributed by atoms with Crippen LogP contribution in [0.1, 0.15) is 25.0 Å². The van der Waals surface area contributed by atoms with E-state index >= 15 is 0 Å². The van der Waals surface area contributed by atoms with Crippen LogP contribution in [0.2, 0.25) is 5.02 Å². The van der Waals surface area contributed by atoms with Gasteiger partial charge in [0.05, 0.1) is 5.02 Å². The molecular weight excluding hydrogens is 289 g/mol. The van der Waals surface area contributed by atoms with Gasteiger partial charge in [-0.3, -0.25) is 0 Å². The van der Waals surface area contributed by atoms with Crippen LogP contribution >= 0.6 is 11.6 Å². The molecule has 4 heteroatoms. The maximum Gasteiger partial charge on any atom is 0.145 e. The fourth-order valence-corrected chi connectivity index (χ4v) is 2.04. The summed E-state index contributed by atoms with van der Waals surface area (Å²) in [7, 11) is 0. The molecule has 21 heavy (non-hydrogen) atoms. The maximum atomic E-state index is 13.4. The van der Waals surface area contributed by atoms with Crippen LogP contribution < -0.4 is 10.1 Å². The molecule has 2 nitrogen and oxygen atoms in total. The van der Waals surface area contributed by atoms with Crippen LogP contribution in [0.3, 0.4) is 0 Å².